The van der Waals surface area contributed by atoms with E-state index in [0.29, 0.717) is 0 Å². The Hall–Kier alpha value is -1.09. The minimum Gasteiger partial charge on any atom is -0.312 e. The first-order valence-corrected chi connectivity index (χ1v) is 5.24. The lowest BCUT2D eigenvalue weighted by Gasteiger charge is -2.13. The first-order chi connectivity index (χ1) is 6.81. The van der Waals surface area contributed by atoms with Crippen molar-refractivity contribution in [2.45, 2.75) is 19.8 Å². The number of aromatic nitrogens is 2. The van der Waals surface area contributed by atoms with E-state index in [-0.39, 0.29) is 0 Å². The molecule has 0 radical (unpaired) electrons. The van der Waals surface area contributed by atoms with Crippen LogP contribution in [0.3, 0.4) is 0 Å². The Kier molecular flexibility index (Phi) is 2.68. The number of rotatable bonds is 2. The van der Waals surface area contributed by atoms with Crippen LogP contribution < -0.4 is 5.32 Å². The van der Waals surface area contributed by atoms with E-state index in [4.69, 9.17) is 0 Å². The Morgan fingerprint density at radius 1 is 1.57 bits per heavy atom. The molecule has 1 N–H and O–H groups in total. The van der Waals surface area contributed by atoms with E-state index in [1.54, 1.807) is 0 Å². The summed E-state index contributed by atoms with van der Waals surface area (Å²) in [6.07, 6.45) is 6.59. The number of hydrogen-bond donors (Lipinski definition) is 1. The van der Waals surface area contributed by atoms with Crippen LogP contribution in [0.15, 0.2) is 12.3 Å². The van der Waals surface area contributed by atoms with E-state index in [9.17, 15) is 0 Å². The van der Waals surface area contributed by atoms with E-state index in [2.05, 4.69) is 29.6 Å². The summed E-state index contributed by atoms with van der Waals surface area (Å²) in [6.45, 7) is 4.24. The molecular formula is C11H17N3. The monoisotopic (exact) mass is 191 g/mol. The number of nitrogens with zero attached hydrogens (tertiary/aromatic N) is 2. The summed E-state index contributed by atoms with van der Waals surface area (Å²) in [5, 5.41) is 7.84. The van der Waals surface area contributed by atoms with Crippen LogP contribution in [0.5, 0.6) is 0 Å². The zero-order valence-electron chi connectivity index (χ0n) is 8.88. The summed E-state index contributed by atoms with van der Waals surface area (Å²) in [4.78, 5) is 0. The minimum atomic E-state index is 0.985. The predicted molar refractivity (Wildman–Crippen MR) is 58.0 cm³/mol. The fourth-order valence-electron chi connectivity index (χ4n) is 1.91. The fraction of sp³-hybridized carbons (Fsp3) is 0.545. The van der Waals surface area contributed by atoms with Crippen molar-refractivity contribution in [3.63, 3.8) is 0 Å². The molecule has 0 aliphatic carbocycles. The molecule has 0 saturated carbocycles. The van der Waals surface area contributed by atoms with Gasteiger partial charge in [-0.05, 0) is 25.0 Å². The van der Waals surface area contributed by atoms with E-state index < -0.39 is 0 Å². The van der Waals surface area contributed by atoms with E-state index in [0.717, 1.165) is 25.9 Å². The molecule has 1 aromatic heterocycles. The van der Waals surface area contributed by atoms with Crippen LogP contribution in [0, 0.1) is 0 Å². The van der Waals surface area contributed by atoms with E-state index in [1.165, 1.54) is 16.8 Å². The number of hydrogen-bond acceptors (Lipinski definition) is 2. The maximum absolute atomic E-state index is 4.45. The molecule has 0 bridgehead atoms. The van der Waals surface area contributed by atoms with Gasteiger partial charge in [0.05, 0.1) is 5.69 Å². The normalized spacial score (nSPS) is 16.9. The smallest absolute Gasteiger partial charge is 0.0697 e. The first kappa shape index (κ1) is 9.46. The minimum absolute atomic E-state index is 0.985. The Bertz CT molecular complexity index is 349. The first-order valence-electron chi connectivity index (χ1n) is 5.24. The zero-order chi connectivity index (χ0) is 9.97. The van der Waals surface area contributed by atoms with Crippen LogP contribution >= 0.6 is 0 Å². The largest absolute Gasteiger partial charge is 0.312 e. The van der Waals surface area contributed by atoms with Crippen LogP contribution in [0.25, 0.3) is 5.57 Å². The summed E-state index contributed by atoms with van der Waals surface area (Å²) in [7, 11) is 1.99. The van der Waals surface area contributed by atoms with E-state index in [1.807, 2.05) is 11.7 Å². The third-order valence-corrected chi connectivity index (χ3v) is 2.61. The van der Waals surface area contributed by atoms with Crippen molar-refractivity contribution in [1.82, 2.24) is 15.1 Å². The molecule has 76 valence electrons. The van der Waals surface area contributed by atoms with Crippen molar-refractivity contribution < 1.29 is 0 Å². The van der Waals surface area contributed by atoms with Gasteiger partial charge in [-0.3, -0.25) is 4.68 Å². The second kappa shape index (κ2) is 3.96. The van der Waals surface area contributed by atoms with Crippen LogP contribution in [-0.4, -0.2) is 22.9 Å². The molecular weight excluding hydrogens is 174 g/mol. The van der Waals surface area contributed by atoms with Gasteiger partial charge in [0.15, 0.2) is 0 Å². The lowest BCUT2D eigenvalue weighted by molar-refractivity contribution is 0.738. The topological polar surface area (TPSA) is 29.9 Å². The second-order valence-corrected chi connectivity index (χ2v) is 3.71. The molecule has 2 heterocycles. The maximum Gasteiger partial charge on any atom is 0.0697 e. The lowest BCUT2D eigenvalue weighted by atomic mass is 10.0. The molecule has 0 spiro atoms. The molecule has 0 fully saturated rings. The van der Waals surface area contributed by atoms with Crippen molar-refractivity contribution in [1.29, 1.82) is 0 Å². The van der Waals surface area contributed by atoms with Gasteiger partial charge in [0.2, 0.25) is 0 Å². The molecule has 3 nitrogen and oxygen atoms in total. The summed E-state index contributed by atoms with van der Waals surface area (Å²) in [5.74, 6) is 0. The fourth-order valence-corrected chi connectivity index (χ4v) is 1.91. The average molecular weight is 191 g/mol. The lowest BCUT2D eigenvalue weighted by Crippen LogP contribution is -2.21. The summed E-state index contributed by atoms with van der Waals surface area (Å²) in [6, 6.07) is 0. The van der Waals surface area contributed by atoms with Crippen molar-refractivity contribution in [2.24, 2.45) is 7.05 Å². The van der Waals surface area contributed by atoms with Gasteiger partial charge in [0, 0.05) is 25.4 Å². The van der Waals surface area contributed by atoms with Crippen LogP contribution in [-0.2, 0) is 13.5 Å². The second-order valence-electron chi connectivity index (χ2n) is 3.71. The predicted octanol–water partition coefficient (Wildman–Crippen LogP) is 1.36. The number of aryl methyl sites for hydroxylation is 2. The molecule has 14 heavy (non-hydrogen) atoms. The highest BCUT2D eigenvalue weighted by Gasteiger charge is 2.12. The molecule has 0 saturated heterocycles. The Balaban J connectivity index is 2.33. The van der Waals surface area contributed by atoms with Gasteiger partial charge < -0.3 is 5.32 Å². The molecule has 1 aliphatic rings. The molecule has 3 heteroatoms. The van der Waals surface area contributed by atoms with Crippen molar-refractivity contribution >= 4 is 5.57 Å². The quantitative estimate of drug-likeness (QED) is 0.765. The molecule has 0 unspecified atom stereocenters. The van der Waals surface area contributed by atoms with Gasteiger partial charge in [-0.25, -0.2) is 0 Å². The van der Waals surface area contributed by atoms with Crippen molar-refractivity contribution in [3.05, 3.63) is 23.5 Å². The van der Waals surface area contributed by atoms with Gasteiger partial charge in [0.25, 0.3) is 0 Å². The SMILES string of the molecule is CCc1nn(C)cc1C1=CCCNC1. The van der Waals surface area contributed by atoms with Crippen LogP contribution in [0.4, 0.5) is 0 Å². The molecule has 0 atom stereocenters. The molecule has 2 rings (SSSR count). The standard InChI is InChI=1S/C11H17N3/c1-3-11-10(8-14(2)13-11)9-5-4-6-12-7-9/h5,8,12H,3-4,6-7H2,1-2H3. The molecule has 0 amide bonds. The summed E-state index contributed by atoms with van der Waals surface area (Å²) < 4.78 is 1.91. The van der Waals surface area contributed by atoms with Crippen molar-refractivity contribution in [3.8, 4) is 0 Å². The molecule has 1 aromatic rings. The highest BCUT2D eigenvalue weighted by molar-refractivity contribution is 5.68. The Morgan fingerprint density at radius 2 is 2.43 bits per heavy atom. The van der Waals surface area contributed by atoms with Gasteiger partial charge in [0.1, 0.15) is 0 Å². The third kappa shape index (κ3) is 1.73. The van der Waals surface area contributed by atoms with E-state index >= 15 is 0 Å². The highest BCUT2D eigenvalue weighted by atomic mass is 15.2. The molecule has 0 aromatic carbocycles. The summed E-state index contributed by atoms with van der Waals surface area (Å²) >= 11 is 0. The van der Waals surface area contributed by atoms with Gasteiger partial charge >= 0.3 is 0 Å². The maximum atomic E-state index is 4.45. The van der Waals surface area contributed by atoms with Crippen LogP contribution in [0.2, 0.25) is 0 Å². The Morgan fingerprint density at radius 3 is 3.07 bits per heavy atom. The number of nitrogens with one attached hydrogen (secondary N) is 1. The highest BCUT2D eigenvalue weighted by Crippen LogP contribution is 2.20. The van der Waals surface area contributed by atoms with Crippen molar-refractivity contribution in [2.75, 3.05) is 13.1 Å². The summed E-state index contributed by atoms with van der Waals surface area (Å²) in [5.41, 5.74) is 3.94. The Labute approximate surface area is 84.8 Å². The zero-order valence-corrected chi connectivity index (χ0v) is 8.88. The van der Waals surface area contributed by atoms with Crippen LogP contribution in [0.1, 0.15) is 24.6 Å². The third-order valence-electron chi connectivity index (χ3n) is 2.61. The molecule has 1 aliphatic heterocycles. The average Bonchev–Trinajstić information content (AvgIpc) is 2.61. The van der Waals surface area contributed by atoms with Gasteiger partial charge in [-0.2, -0.15) is 5.10 Å². The van der Waals surface area contributed by atoms with Gasteiger partial charge in [-0.1, -0.05) is 13.0 Å². The van der Waals surface area contributed by atoms with Gasteiger partial charge in [-0.15, -0.1) is 0 Å².